The molecular formula is C16H34N4O2. The van der Waals surface area contributed by atoms with E-state index in [-0.39, 0.29) is 5.60 Å². The normalized spacial score (nSPS) is 20.4. The summed E-state index contributed by atoms with van der Waals surface area (Å²) in [5.74, 6) is 0.867. The van der Waals surface area contributed by atoms with Crippen molar-refractivity contribution in [2.24, 2.45) is 4.99 Å². The van der Waals surface area contributed by atoms with Crippen LogP contribution in [0.5, 0.6) is 0 Å². The van der Waals surface area contributed by atoms with Crippen LogP contribution in [0.1, 0.15) is 33.6 Å². The maximum Gasteiger partial charge on any atom is 0.191 e. The second kappa shape index (κ2) is 10.0. The minimum Gasteiger partial charge on any atom is -0.383 e. The molecule has 0 aromatic rings. The molecule has 1 aliphatic heterocycles. The standard InChI is InChI=1S/C16H34N4O2/c1-6-17-15(19-13-16(2,3)22-5)18-12-14-8-7-9-20(14)10-11-21-4/h14H,6-13H2,1-5H3,(H2,17,18,19). The number of methoxy groups -OCH3 is 2. The highest BCUT2D eigenvalue weighted by atomic mass is 16.5. The third-order valence-corrected chi connectivity index (χ3v) is 4.10. The van der Waals surface area contributed by atoms with E-state index < -0.39 is 0 Å². The smallest absolute Gasteiger partial charge is 0.191 e. The van der Waals surface area contributed by atoms with Gasteiger partial charge in [0.15, 0.2) is 5.96 Å². The molecule has 0 aromatic heterocycles. The van der Waals surface area contributed by atoms with Crippen molar-refractivity contribution in [1.29, 1.82) is 0 Å². The molecule has 0 bridgehead atoms. The molecule has 1 unspecified atom stereocenters. The topological polar surface area (TPSA) is 58.1 Å². The molecule has 0 saturated carbocycles. The Morgan fingerprint density at radius 1 is 1.32 bits per heavy atom. The first kappa shape index (κ1) is 19.2. The van der Waals surface area contributed by atoms with Crippen LogP contribution >= 0.6 is 0 Å². The lowest BCUT2D eigenvalue weighted by Gasteiger charge is -2.26. The zero-order chi connectivity index (χ0) is 16.4. The summed E-state index contributed by atoms with van der Waals surface area (Å²) in [6.07, 6.45) is 2.50. The fraction of sp³-hybridized carbons (Fsp3) is 0.938. The van der Waals surface area contributed by atoms with Crippen LogP contribution in [0.4, 0.5) is 0 Å². The zero-order valence-electron chi connectivity index (χ0n) is 14.9. The first-order valence-corrected chi connectivity index (χ1v) is 8.32. The van der Waals surface area contributed by atoms with Gasteiger partial charge in [0.25, 0.3) is 0 Å². The van der Waals surface area contributed by atoms with Crippen molar-refractivity contribution < 1.29 is 9.47 Å². The predicted octanol–water partition coefficient (Wildman–Crippen LogP) is 1.08. The Kier molecular flexibility index (Phi) is 8.75. The maximum atomic E-state index is 5.42. The van der Waals surface area contributed by atoms with Crippen molar-refractivity contribution in [1.82, 2.24) is 15.5 Å². The molecule has 0 radical (unpaired) electrons. The highest BCUT2D eigenvalue weighted by molar-refractivity contribution is 5.79. The van der Waals surface area contributed by atoms with Crippen molar-refractivity contribution >= 4 is 5.96 Å². The van der Waals surface area contributed by atoms with Gasteiger partial charge >= 0.3 is 0 Å². The van der Waals surface area contributed by atoms with E-state index in [1.165, 1.54) is 19.4 Å². The van der Waals surface area contributed by atoms with Gasteiger partial charge in [0.2, 0.25) is 0 Å². The van der Waals surface area contributed by atoms with Crippen LogP contribution in [0.3, 0.4) is 0 Å². The Labute approximate surface area is 135 Å². The van der Waals surface area contributed by atoms with Gasteiger partial charge in [0.05, 0.1) is 18.8 Å². The molecule has 1 heterocycles. The quantitative estimate of drug-likeness (QED) is 0.493. The predicted molar refractivity (Wildman–Crippen MR) is 91.5 cm³/mol. The van der Waals surface area contributed by atoms with Crippen LogP contribution < -0.4 is 10.6 Å². The van der Waals surface area contributed by atoms with Crippen molar-refractivity contribution in [3.63, 3.8) is 0 Å². The van der Waals surface area contributed by atoms with E-state index in [0.29, 0.717) is 12.6 Å². The fourth-order valence-electron chi connectivity index (χ4n) is 2.52. The number of nitrogens with one attached hydrogen (secondary N) is 2. The van der Waals surface area contributed by atoms with Gasteiger partial charge in [-0.1, -0.05) is 0 Å². The minimum atomic E-state index is -0.236. The molecule has 1 fully saturated rings. The number of ether oxygens (including phenoxy) is 2. The number of likely N-dealkylation sites (tertiary alicyclic amines) is 1. The van der Waals surface area contributed by atoms with Crippen molar-refractivity contribution in [3.8, 4) is 0 Å². The fourth-order valence-corrected chi connectivity index (χ4v) is 2.52. The van der Waals surface area contributed by atoms with E-state index in [1.807, 2.05) is 13.8 Å². The molecule has 0 amide bonds. The zero-order valence-corrected chi connectivity index (χ0v) is 14.9. The maximum absolute atomic E-state index is 5.42. The first-order valence-electron chi connectivity index (χ1n) is 8.32. The highest BCUT2D eigenvalue weighted by Crippen LogP contribution is 2.15. The Morgan fingerprint density at radius 3 is 2.73 bits per heavy atom. The number of hydrogen-bond acceptors (Lipinski definition) is 4. The van der Waals surface area contributed by atoms with Gasteiger partial charge in [-0.3, -0.25) is 9.89 Å². The van der Waals surface area contributed by atoms with Crippen LogP contribution in [0, 0.1) is 0 Å². The van der Waals surface area contributed by atoms with E-state index in [1.54, 1.807) is 14.2 Å². The van der Waals surface area contributed by atoms with Crippen molar-refractivity contribution in [2.45, 2.75) is 45.3 Å². The third kappa shape index (κ3) is 6.94. The van der Waals surface area contributed by atoms with Crippen LogP contribution in [0.2, 0.25) is 0 Å². The Hall–Kier alpha value is -0.850. The summed E-state index contributed by atoms with van der Waals surface area (Å²) >= 11 is 0. The van der Waals surface area contributed by atoms with E-state index in [0.717, 1.165) is 32.2 Å². The lowest BCUT2D eigenvalue weighted by molar-refractivity contribution is 0.0310. The lowest BCUT2D eigenvalue weighted by Crippen LogP contribution is -2.46. The molecule has 0 aliphatic carbocycles. The van der Waals surface area contributed by atoms with Crippen molar-refractivity contribution in [2.75, 3.05) is 53.6 Å². The number of nitrogens with zero attached hydrogens (tertiary/aromatic N) is 2. The summed E-state index contributed by atoms with van der Waals surface area (Å²) in [5, 5.41) is 6.77. The Balaban J connectivity index is 2.47. The molecule has 1 rings (SSSR count). The summed E-state index contributed by atoms with van der Waals surface area (Å²) in [7, 11) is 3.49. The molecule has 1 aliphatic rings. The van der Waals surface area contributed by atoms with Gasteiger partial charge in [0.1, 0.15) is 0 Å². The SMILES string of the molecule is CCNC(=NCC(C)(C)OC)NCC1CCCN1CCOC. The Morgan fingerprint density at radius 2 is 2.09 bits per heavy atom. The highest BCUT2D eigenvalue weighted by Gasteiger charge is 2.24. The molecule has 6 heteroatoms. The van der Waals surface area contributed by atoms with Gasteiger partial charge < -0.3 is 20.1 Å². The van der Waals surface area contributed by atoms with Crippen LogP contribution in [0.15, 0.2) is 4.99 Å². The van der Waals surface area contributed by atoms with Gasteiger partial charge in [-0.15, -0.1) is 0 Å². The third-order valence-electron chi connectivity index (χ3n) is 4.10. The molecule has 22 heavy (non-hydrogen) atoms. The summed E-state index contributed by atoms with van der Waals surface area (Å²) < 4.78 is 10.6. The van der Waals surface area contributed by atoms with E-state index in [2.05, 4.69) is 27.4 Å². The molecule has 6 nitrogen and oxygen atoms in total. The Bertz CT molecular complexity index is 334. The average Bonchev–Trinajstić information content (AvgIpc) is 2.95. The molecule has 0 spiro atoms. The monoisotopic (exact) mass is 314 g/mol. The summed E-state index contributed by atoms with van der Waals surface area (Å²) in [4.78, 5) is 7.13. The molecular weight excluding hydrogens is 280 g/mol. The van der Waals surface area contributed by atoms with Crippen molar-refractivity contribution in [3.05, 3.63) is 0 Å². The van der Waals surface area contributed by atoms with Crippen LogP contribution in [-0.2, 0) is 9.47 Å². The van der Waals surface area contributed by atoms with Gasteiger partial charge in [-0.25, -0.2) is 0 Å². The molecule has 1 atom stereocenters. The summed E-state index contributed by atoms with van der Waals surface area (Å²) in [6.45, 7) is 11.6. The summed E-state index contributed by atoms with van der Waals surface area (Å²) in [5.41, 5.74) is -0.236. The number of rotatable bonds is 9. The molecule has 130 valence electrons. The first-order chi connectivity index (χ1) is 10.5. The van der Waals surface area contributed by atoms with E-state index >= 15 is 0 Å². The molecule has 0 aromatic carbocycles. The molecule has 2 N–H and O–H groups in total. The van der Waals surface area contributed by atoms with Gasteiger partial charge in [0, 0.05) is 39.9 Å². The molecule has 1 saturated heterocycles. The average molecular weight is 314 g/mol. The number of aliphatic imine (C=N–C) groups is 1. The summed E-state index contributed by atoms with van der Waals surface area (Å²) in [6, 6.07) is 0.564. The second-order valence-corrected chi connectivity index (χ2v) is 6.36. The van der Waals surface area contributed by atoms with E-state index in [9.17, 15) is 0 Å². The van der Waals surface area contributed by atoms with Crippen LogP contribution in [0.25, 0.3) is 0 Å². The number of hydrogen-bond donors (Lipinski definition) is 2. The second-order valence-electron chi connectivity index (χ2n) is 6.36. The van der Waals surface area contributed by atoms with Crippen LogP contribution in [-0.4, -0.2) is 76.1 Å². The van der Waals surface area contributed by atoms with Gasteiger partial charge in [-0.05, 0) is 40.2 Å². The van der Waals surface area contributed by atoms with E-state index in [4.69, 9.17) is 9.47 Å². The number of guanidine groups is 1. The largest absolute Gasteiger partial charge is 0.383 e. The lowest BCUT2D eigenvalue weighted by atomic mass is 10.1. The minimum absolute atomic E-state index is 0.236. The van der Waals surface area contributed by atoms with Gasteiger partial charge in [-0.2, -0.15) is 0 Å².